The summed E-state index contributed by atoms with van der Waals surface area (Å²) in [6.07, 6.45) is 1.35. The van der Waals surface area contributed by atoms with Crippen LogP contribution in [0.3, 0.4) is 0 Å². The molecule has 2 N–H and O–H groups in total. The van der Waals surface area contributed by atoms with Gasteiger partial charge in [0.15, 0.2) is 0 Å². The molecule has 1 unspecified atom stereocenters. The zero-order valence-corrected chi connectivity index (χ0v) is 11.5. The Balaban J connectivity index is 2.20. The Kier molecular flexibility index (Phi) is 4.16. The Labute approximate surface area is 116 Å². The first-order valence-electron chi connectivity index (χ1n) is 5.99. The Morgan fingerprint density at radius 2 is 2.00 bits per heavy atom. The minimum absolute atomic E-state index is 0.117. The normalized spacial score (nSPS) is 12.4. The lowest BCUT2D eigenvalue weighted by molar-refractivity contribution is -0.118. The van der Waals surface area contributed by atoms with Gasteiger partial charge in [0, 0.05) is 5.02 Å². The predicted octanol–water partition coefficient (Wildman–Crippen LogP) is 2.84. The number of aromatic nitrogens is 3. The van der Waals surface area contributed by atoms with E-state index in [-0.39, 0.29) is 17.7 Å². The molecule has 2 aromatic rings. The van der Waals surface area contributed by atoms with Gasteiger partial charge in [0.05, 0.1) is 5.92 Å². The van der Waals surface area contributed by atoms with Gasteiger partial charge in [-0.25, -0.2) is 5.10 Å². The predicted molar refractivity (Wildman–Crippen MR) is 74.0 cm³/mol. The molecule has 100 valence electrons. The van der Waals surface area contributed by atoms with Crippen LogP contribution >= 0.6 is 11.6 Å². The molecule has 2 rings (SSSR count). The van der Waals surface area contributed by atoms with E-state index in [0.29, 0.717) is 11.0 Å². The summed E-state index contributed by atoms with van der Waals surface area (Å²) >= 11 is 5.87. The molecular weight excluding hydrogens is 264 g/mol. The van der Waals surface area contributed by atoms with E-state index in [1.54, 1.807) is 12.1 Å². The van der Waals surface area contributed by atoms with Crippen molar-refractivity contribution in [2.75, 3.05) is 5.32 Å². The fraction of sp³-hybridized carbons (Fsp3) is 0.308. The molecule has 19 heavy (non-hydrogen) atoms. The van der Waals surface area contributed by atoms with Gasteiger partial charge in [-0.05, 0) is 23.6 Å². The van der Waals surface area contributed by atoms with Gasteiger partial charge >= 0.3 is 0 Å². The van der Waals surface area contributed by atoms with Crippen LogP contribution in [0.2, 0.25) is 5.02 Å². The molecule has 0 aliphatic rings. The van der Waals surface area contributed by atoms with Crippen molar-refractivity contribution in [1.29, 1.82) is 0 Å². The van der Waals surface area contributed by atoms with E-state index >= 15 is 0 Å². The highest BCUT2D eigenvalue weighted by Crippen LogP contribution is 2.26. The van der Waals surface area contributed by atoms with Crippen molar-refractivity contribution in [3.05, 3.63) is 41.2 Å². The second kappa shape index (κ2) is 5.84. The van der Waals surface area contributed by atoms with Gasteiger partial charge in [0.1, 0.15) is 6.33 Å². The number of carbonyl (C=O) groups is 1. The van der Waals surface area contributed by atoms with E-state index in [2.05, 4.69) is 20.5 Å². The van der Waals surface area contributed by atoms with Gasteiger partial charge in [-0.3, -0.25) is 10.1 Å². The Morgan fingerprint density at radius 3 is 2.53 bits per heavy atom. The third-order valence-corrected chi connectivity index (χ3v) is 3.09. The average molecular weight is 279 g/mol. The number of aromatic amines is 1. The van der Waals surface area contributed by atoms with E-state index in [0.717, 1.165) is 5.56 Å². The number of nitrogens with one attached hydrogen (secondary N) is 2. The van der Waals surface area contributed by atoms with Crippen LogP contribution in [0.15, 0.2) is 30.6 Å². The van der Waals surface area contributed by atoms with E-state index in [9.17, 15) is 4.79 Å². The lowest BCUT2D eigenvalue weighted by Crippen LogP contribution is -2.25. The average Bonchev–Trinajstić information content (AvgIpc) is 2.84. The first-order valence-corrected chi connectivity index (χ1v) is 6.37. The summed E-state index contributed by atoms with van der Waals surface area (Å²) in [6, 6.07) is 7.31. The molecule has 0 spiro atoms. The minimum Gasteiger partial charge on any atom is -0.294 e. The van der Waals surface area contributed by atoms with Crippen LogP contribution in [0.1, 0.15) is 25.3 Å². The summed E-state index contributed by atoms with van der Waals surface area (Å²) in [5, 5.41) is 9.67. The van der Waals surface area contributed by atoms with Gasteiger partial charge in [-0.1, -0.05) is 37.6 Å². The van der Waals surface area contributed by atoms with Crippen LogP contribution < -0.4 is 5.32 Å². The molecule has 0 radical (unpaired) electrons. The second-order valence-electron chi connectivity index (χ2n) is 4.60. The Bertz CT molecular complexity index is 536. The number of halogens is 1. The van der Waals surface area contributed by atoms with Crippen LogP contribution in [0, 0.1) is 5.92 Å². The van der Waals surface area contributed by atoms with Crippen molar-refractivity contribution < 1.29 is 4.79 Å². The third kappa shape index (κ3) is 3.32. The molecule has 0 aliphatic carbocycles. The van der Waals surface area contributed by atoms with E-state index in [1.807, 2.05) is 26.0 Å². The number of rotatable bonds is 4. The number of H-pyrrole nitrogens is 1. The standard InChI is InChI=1S/C13H15ClN4O/c1-8(2)11(9-3-5-10(14)6-4-9)12(19)17-13-15-7-16-18-13/h3-8,11H,1-2H3,(H2,15,16,17,18,19). The summed E-state index contributed by atoms with van der Waals surface area (Å²) in [5.41, 5.74) is 0.927. The summed E-state index contributed by atoms with van der Waals surface area (Å²) in [6.45, 7) is 4.00. The van der Waals surface area contributed by atoms with Crippen LogP contribution in [0.25, 0.3) is 0 Å². The Hall–Kier alpha value is -1.88. The summed E-state index contributed by atoms with van der Waals surface area (Å²) in [5.74, 6) is 0.130. The van der Waals surface area contributed by atoms with Crippen LogP contribution in [-0.4, -0.2) is 21.1 Å². The van der Waals surface area contributed by atoms with E-state index < -0.39 is 0 Å². The van der Waals surface area contributed by atoms with Crippen molar-refractivity contribution in [3.63, 3.8) is 0 Å². The topological polar surface area (TPSA) is 70.7 Å². The summed E-state index contributed by atoms with van der Waals surface area (Å²) in [7, 11) is 0. The lowest BCUT2D eigenvalue weighted by Gasteiger charge is -2.20. The van der Waals surface area contributed by atoms with Crippen LogP contribution in [-0.2, 0) is 4.79 Å². The van der Waals surface area contributed by atoms with Gasteiger partial charge in [-0.2, -0.15) is 10.1 Å². The number of anilines is 1. The molecule has 0 aliphatic heterocycles. The van der Waals surface area contributed by atoms with Crippen molar-refractivity contribution in [2.24, 2.45) is 5.92 Å². The van der Waals surface area contributed by atoms with Crippen LogP contribution in [0.5, 0.6) is 0 Å². The largest absolute Gasteiger partial charge is 0.294 e. The monoisotopic (exact) mass is 278 g/mol. The van der Waals surface area contributed by atoms with Gasteiger partial charge in [-0.15, -0.1) is 0 Å². The Morgan fingerprint density at radius 1 is 1.32 bits per heavy atom. The second-order valence-corrected chi connectivity index (χ2v) is 5.03. The SMILES string of the molecule is CC(C)C(C(=O)Nc1ncn[nH]1)c1ccc(Cl)cc1. The van der Waals surface area contributed by atoms with Gasteiger partial charge in [0.2, 0.25) is 11.9 Å². The molecule has 0 bridgehead atoms. The number of hydrogen-bond donors (Lipinski definition) is 2. The van der Waals surface area contributed by atoms with Crippen molar-refractivity contribution in [1.82, 2.24) is 15.2 Å². The van der Waals surface area contributed by atoms with Crippen LogP contribution in [0.4, 0.5) is 5.95 Å². The fourth-order valence-electron chi connectivity index (χ4n) is 1.97. The molecule has 5 nitrogen and oxygen atoms in total. The number of carbonyl (C=O) groups excluding carboxylic acids is 1. The number of amides is 1. The molecule has 1 heterocycles. The molecule has 0 saturated carbocycles. The minimum atomic E-state index is -0.262. The maximum atomic E-state index is 12.3. The number of nitrogens with zero attached hydrogens (tertiary/aromatic N) is 2. The molecule has 1 atom stereocenters. The molecule has 6 heteroatoms. The van der Waals surface area contributed by atoms with Crippen molar-refractivity contribution >= 4 is 23.5 Å². The number of benzene rings is 1. The molecule has 0 fully saturated rings. The summed E-state index contributed by atoms with van der Waals surface area (Å²) in [4.78, 5) is 16.2. The smallest absolute Gasteiger partial charge is 0.234 e. The van der Waals surface area contributed by atoms with Gasteiger partial charge in [0.25, 0.3) is 0 Å². The maximum absolute atomic E-state index is 12.3. The van der Waals surface area contributed by atoms with E-state index in [4.69, 9.17) is 11.6 Å². The lowest BCUT2D eigenvalue weighted by atomic mass is 9.88. The van der Waals surface area contributed by atoms with Gasteiger partial charge < -0.3 is 0 Å². The van der Waals surface area contributed by atoms with Crippen molar-refractivity contribution in [2.45, 2.75) is 19.8 Å². The molecule has 1 aromatic carbocycles. The highest BCUT2D eigenvalue weighted by Gasteiger charge is 2.24. The zero-order chi connectivity index (χ0) is 13.8. The number of hydrogen-bond acceptors (Lipinski definition) is 3. The fourth-order valence-corrected chi connectivity index (χ4v) is 2.10. The zero-order valence-electron chi connectivity index (χ0n) is 10.7. The third-order valence-electron chi connectivity index (χ3n) is 2.83. The molecule has 1 amide bonds. The molecule has 1 aromatic heterocycles. The maximum Gasteiger partial charge on any atom is 0.234 e. The highest BCUT2D eigenvalue weighted by molar-refractivity contribution is 6.30. The highest BCUT2D eigenvalue weighted by atomic mass is 35.5. The first-order chi connectivity index (χ1) is 9.08. The first kappa shape index (κ1) is 13.5. The summed E-state index contributed by atoms with van der Waals surface area (Å²) < 4.78 is 0. The van der Waals surface area contributed by atoms with E-state index in [1.165, 1.54) is 6.33 Å². The van der Waals surface area contributed by atoms with Crippen molar-refractivity contribution in [3.8, 4) is 0 Å². The quantitative estimate of drug-likeness (QED) is 0.903. The molecular formula is C13H15ClN4O. The molecule has 0 saturated heterocycles.